The van der Waals surface area contributed by atoms with Crippen LogP contribution < -0.4 is 9.64 Å². The Labute approximate surface area is 161 Å². The molecule has 1 aliphatic rings. The number of aryl methyl sites for hydroxylation is 1. The van der Waals surface area contributed by atoms with Gasteiger partial charge < -0.3 is 9.64 Å². The number of ether oxygens (including phenoxy) is 1. The van der Waals surface area contributed by atoms with Gasteiger partial charge in [-0.15, -0.1) is 11.3 Å². The summed E-state index contributed by atoms with van der Waals surface area (Å²) in [6.45, 7) is 8.78. The number of rotatable bonds is 10. The second-order valence-electron chi connectivity index (χ2n) is 6.90. The standard InChI is InChI=1S/C21H31N3OS/c1-2-19-7-9-20(10-8-19)25-17-6-4-3-5-12-23-13-15-24(16-14-23)21-22-11-18-26-21/h7-11,18H,2-6,12-17H2,1H3. The summed E-state index contributed by atoms with van der Waals surface area (Å²) < 4.78 is 5.83. The zero-order chi connectivity index (χ0) is 18.0. The molecule has 3 rings (SSSR count). The van der Waals surface area contributed by atoms with Crippen molar-refractivity contribution >= 4 is 16.5 Å². The Kier molecular flexibility index (Phi) is 7.77. The smallest absolute Gasteiger partial charge is 0.185 e. The third-order valence-electron chi connectivity index (χ3n) is 5.03. The molecule has 0 aliphatic carbocycles. The molecule has 1 aromatic heterocycles. The molecule has 2 aromatic rings. The van der Waals surface area contributed by atoms with Crippen molar-refractivity contribution in [1.82, 2.24) is 9.88 Å². The van der Waals surface area contributed by atoms with Crippen molar-refractivity contribution in [3.05, 3.63) is 41.4 Å². The van der Waals surface area contributed by atoms with Gasteiger partial charge in [0.1, 0.15) is 5.75 Å². The predicted octanol–water partition coefficient (Wildman–Crippen LogP) is 4.47. The van der Waals surface area contributed by atoms with Crippen molar-refractivity contribution in [1.29, 1.82) is 0 Å². The molecular weight excluding hydrogens is 342 g/mol. The van der Waals surface area contributed by atoms with Crippen molar-refractivity contribution in [2.75, 3.05) is 44.2 Å². The highest BCUT2D eigenvalue weighted by Gasteiger charge is 2.17. The molecule has 0 N–H and O–H groups in total. The molecule has 5 heteroatoms. The highest BCUT2D eigenvalue weighted by atomic mass is 32.1. The topological polar surface area (TPSA) is 28.6 Å². The zero-order valence-electron chi connectivity index (χ0n) is 15.9. The summed E-state index contributed by atoms with van der Waals surface area (Å²) in [6.07, 6.45) is 7.98. The second kappa shape index (κ2) is 10.5. The summed E-state index contributed by atoms with van der Waals surface area (Å²) in [7, 11) is 0. The van der Waals surface area contributed by atoms with Crippen molar-refractivity contribution in [3.8, 4) is 5.75 Å². The molecule has 0 spiro atoms. The summed E-state index contributed by atoms with van der Waals surface area (Å²) in [5.74, 6) is 1.00. The summed E-state index contributed by atoms with van der Waals surface area (Å²) in [5, 5.41) is 3.24. The van der Waals surface area contributed by atoms with E-state index in [0.29, 0.717) is 0 Å². The van der Waals surface area contributed by atoms with E-state index in [1.54, 1.807) is 11.3 Å². The molecule has 0 amide bonds. The normalized spacial score (nSPS) is 15.3. The first-order valence-corrected chi connectivity index (χ1v) is 10.8. The van der Waals surface area contributed by atoms with Gasteiger partial charge in [-0.05, 0) is 43.5 Å². The Balaban J connectivity index is 1.19. The maximum Gasteiger partial charge on any atom is 0.185 e. The lowest BCUT2D eigenvalue weighted by molar-refractivity contribution is 0.249. The average Bonchev–Trinajstić information content (AvgIpc) is 3.23. The first kappa shape index (κ1) is 19.2. The average molecular weight is 374 g/mol. The monoisotopic (exact) mass is 373 g/mol. The molecule has 1 aromatic carbocycles. The van der Waals surface area contributed by atoms with Crippen LogP contribution in [-0.4, -0.2) is 49.2 Å². The van der Waals surface area contributed by atoms with Crippen molar-refractivity contribution < 1.29 is 4.74 Å². The molecule has 2 heterocycles. The highest BCUT2D eigenvalue weighted by molar-refractivity contribution is 7.13. The first-order chi connectivity index (χ1) is 12.8. The molecule has 1 fully saturated rings. The molecule has 0 radical (unpaired) electrons. The minimum absolute atomic E-state index is 0.831. The number of anilines is 1. The van der Waals surface area contributed by atoms with Crippen LogP contribution in [0.15, 0.2) is 35.8 Å². The molecule has 1 aliphatic heterocycles. The van der Waals surface area contributed by atoms with E-state index in [1.807, 2.05) is 6.20 Å². The minimum atomic E-state index is 0.831. The number of aromatic nitrogens is 1. The van der Waals surface area contributed by atoms with E-state index in [1.165, 1.54) is 36.5 Å². The maximum absolute atomic E-state index is 5.83. The van der Waals surface area contributed by atoms with Crippen LogP contribution in [0, 0.1) is 0 Å². The molecule has 0 saturated carbocycles. The second-order valence-corrected chi connectivity index (χ2v) is 7.78. The maximum atomic E-state index is 5.83. The van der Waals surface area contributed by atoms with Gasteiger partial charge in [0.05, 0.1) is 6.61 Å². The first-order valence-electron chi connectivity index (χ1n) is 9.93. The highest BCUT2D eigenvalue weighted by Crippen LogP contribution is 2.19. The van der Waals surface area contributed by atoms with Gasteiger partial charge in [-0.2, -0.15) is 0 Å². The Morgan fingerprint density at radius 2 is 1.77 bits per heavy atom. The van der Waals surface area contributed by atoms with Crippen LogP contribution in [0.2, 0.25) is 0 Å². The van der Waals surface area contributed by atoms with Gasteiger partial charge in [0.25, 0.3) is 0 Å². The van der Waals surface area contributed by atoms with E-state index in [-0.39, 0.29) is 0 Å². The fourth-order valence-electron chi connectivity index (χ4n) is 3.34. The summed E-state index contributed by atoms with van der Waals surface area (Å²) in [5.41, 5.74) is 1.37. The van der Waals surface area contributed by atoms with Gasteiger partial charge in [-0.3, -0.25) is 4.90 Å². The van der Waals surface area contributed by atoms with Crippen LogP contribution in [-0.2, 0) is 6.42 Å². The fraction of sp³-hybridized carbons (Fsp3) is 0.571. The van der Waals surface area contributed by atoms with E-state index in [9.17, 15) is 0 Å². The van der Waals surface area contributed by atoms with Gasteiger partial charge in [-0.25, -0.2) is 4.98 Å². The number of hydrogen-bond acceptors (Lipinski definition) is 5. The molecular formula is C21H31N3OS. The number of piperazine rings is 1. The largest absolute Gasteiger partial charge is 0.494 e. The van der Waals surface area contributed by atoms with Crippen molar-refractivity contribution in [2.45, 2.75) is 39.0 Å². The SMILES string of the molecule is CCc1ccc(OCCCCCCN2CCN(c3nccs3)CC2)cc1. The quantitative estimate of drug-likeness (QED) is 0.575. The van der Waals surface area contributed by atoms with Gasteiger partial charge in [0.15, 0.2) is 5.13 Å². The molecule has 0 atom stereocenters. The van der Waals surface area contributed by atoms with E-state index < -0.39 is 0 Å². The van der Waals surface area contributed by atoms with Crippen molar-refractivity contribution in [3.63, 3.8) is 0 Å². The van der Waals surface area contributed by atoms with E-state index >= 15 is 0 Å². The van der Waals surface area contributed by atoms with Gasteiger partial charge in [0.2, 0.25) is 0 Å². The number of hydrogen-bond donors (Lipinski definition) is 0. The summed E-state index contributed by atoms with van der Waals surface area (Å²) in [4.78, 5) is 9.41. The predicted molar refractivity (Wildman–Crippen MR) is 111 cm³/mol. The molecule has 0 unspecified atom stereocenters. The van der Waals surface area contributed by atoms with Crippen LogP contribution in [0.4, 0.5) is 5.13 Å². The number of nitrogens with zero attached hydrogens (tertiary/aromatic N) is 3. The van der Waals surface area contributed by atoms with Crippen LogP contribution in [0.3, 0.4) is 0 Å². The third-order valence-corrected chi connectivity index (χ3v) is 5.86. The lowest BCUT2D eigenvalue weighted by atomic mass is 10.1. The van der Waals surface area contributed by atoms with Crippen LogP contribution in [0.25, 0.3) is 0 Å². The molecule has 0 bridgehead atoms. The number of thiazole rings is 1. The Hall–Kier alpha value is -1.59. The number of benzene rings is 1. The fourth-order valence-corrected chi connectivity index (χ4v) is 4.03. The minimum Gasteiger partial charge on any atom is -0.494 e. The van der Waals surface area contributed by atoms with Crippen LogP contribution in [0.5, 0.6) is 5.75 Å². The van der Waals surface area contributed by atoms with Gasteiger partial charge in [-0.1, -0.05) is 31.9 Å². The lowest BCUT2D eigenvalue weighted by Gasteiger charge is -2.34. The lowest BCUT2D eigenvalue weighted by Crippen LogP contribution is -2.46. The zero-order valence-corrected chi connectivity index (χ0v) is 16.7. The Bertz CT molecular complexity index is 607. The van der Waals surface area contributed by atoms with E-state index in [0.717, 1.165) is 51.4 Å². The van der Waals surface area contributed by atoms with Gasteiger partial charge >= 0.3 is 0 Å². The summed E-state index contributed by atoms with van der Waals surface area (Å²) in [6, 6.07) is 8.49. The summed E-state index contributed by atoms with van der Waals surface area (Å²) >= 11 is 1.74. The van der Waals surface area contributed by atoms with Gasteiger partial charge in [0, 0.05) is 37.8 Å². The van der Waals surface area contributed by atoms with Crippen LogP contribution >= 0.6 is 11.3 Å². The van der Waals surface area contributed by atoms with Crippen LogP contribution in [0.1, 0.15) is 38.2 Å². The third kappa shape index (κ3) is 5.99. The molecule has 26 heavy (non-hydrogen) atoms. The number of unbranched alkanes of at least 4 members (excludes halogenated alkanes) is 3. The van der Waals surface area contributed by atoms with E-state index in [2.05, 4.69) is 51.4 Å². The Morgan fingerprint density at radius 3 is 2.46 bits per heavy atom. The van der Waals surface area contributed by atoms with Crippen molar-refractivity contribution in [2.24, 2.45) is 0 Å². The van der Waals surface area contributed by atoms with E-state index in [4.69, 9.17) is 4.74 Å². The molecule has 4 nitrogen and oxygen atoms in total. The molecule has 1 saturated heterocycles. The Morgan fingerprint density at radius 1 is 1.00 bits per heavy atom. The molecule has 142 valence electrons.